The number of halogens is 3. The average molecular weight is 490 g/mol. The Kier molecular flexibility index (Phi) is 6.92. The molecular weight excluding hydrogens is 468 g/mol. The van der Waals surface area contributed by atoms with Crippen LogP contribution in [-0.4, -0.2) is 48.3 Å². The Hall–Kier alpha value is -3.34. The summed E-state index contributed by atoms with van der Waals surface area (Å²) in [7, 11) is 0. The minimum Gasteiger partial charge on any atom is -0.394 e. The van der Waals surface area contributed by atoms with Crippen molar-refractivity contribution in [3.05, 3.63) is 81.5 Å². The van der Waals surface area contributed by atoms with Crippen molar-refractivity contribution in [1.29, 1.82) is 0 Å². The molecule has 0 fully saturated rings. The van der Waals surface area contributed by atoms with Crippen molar-refractivity contribution >= 4 is 28.3 Å². The number of aromatic nitrogens is 4. The quantitative estimate of drug-likeness (QED) is 0.351. The number of hydrogen-bond donors (Lipinski definition) is 3. The van der Waals surface area contributed by atoms with E-state index in [4.69, 9.17) is 11.6 Å². The second-order valence-electron chi connectivity index (χ2n) is 7.92. The number of nitrogens with zero attached hydrogens (tertiary/aromatic N) is 4. The van der Waals surface area contributed by atoms with Gasteiger partial charge in [0.25, 0.3) is 5.56 Å². The average Bonchev–Trinajstić information content (AvgIpc) is 3.21. The number of anilines is 1. The molecule has 0 aliphatic rings. The van der Waals surface area contributed by atoms with Crippen molar-refractivity contribution in [2.45, 2.75) is 32.0 Å². The highest BCUT2D eigenvalue weighted by atomic mass is 35.5. The molecule has 0 bridgehead atoms. The van der Waals surface area contributed by atoms with E-state index in [-0.39, 0.29) is 47.1 Å². The lowest BCUT2D eigenvalue weighted by atomic mass is 10.1. The van der Waals surface area contributed by atoms with Crippen molar-refractivity contribution < 1.29 is 19.0 Å². The molecule has 1 unspecified atom stereocenters. The SMILES string of the molecule is CC(O)C[C@@H](CO)Nc1cc(-n2ccc3c(cnn3Cc3c(F)cccc3Cl)c2=O)c(F)cn1. The van der Waals surface area contributed by atoms with Crippen molar-refractivity contribution in [3.63, 3.8) is 0 Å². The largest absolute Gasteiger partial charge is 0.394 e. The van der Waals surface area contributed by atoms with Gasteiger partial charge in [-0.25, -0.2) is 13.8 Å². The number of aliphatic hydroxyl groups excluding tert-OH is 2. The maximum Gasteiger partial charge on any atom is 0.266 e. The molecule has 3 N–H and O–H groups in total. The lowest BCUT2D eigenvalue weighted by molar-refractivity contribution is 0.159. The minimum absolute atomic E-state index is 0.0158. The van der Waals surface area contributed by atoms with Crippen LogP contribution in [0.4, 0.5) is 14.6 Å². The molecule has 0 saturated heterocycles. The topological polar surface area (TPSA) is 105 Å². The van der Waals surface area contributed by atoms with Gasteiger partial charge in [-0.05, 0) is 31.5 Å². The lowest BCUT2D eigenvalue weighted by Gasteiger charge is -2.19. The van der Waals surface area contributed by atoms with Gasteiger partial charge in [0.15, 0.2) is 5.82 Å². The summed E-state index contributed by atoms with van der Waals surface area (Å²) >= 11 is 6.11. The summed E-state index contributed by atoms with van der Waals surface area (Å²) in [4.78, 5) is 17.1. The number of rotatable bonds is 8. The fraction of sp³-hybridized carbons (Fsp3) is 0.261. The molecule has 178 valence electrons. The molecule has 0 amide bonds. The zero-order valence-corrected chi connectivity index (χ0v) is 18.9. The predicted molar refractivity (Wildman–Crippen MR) is 124 cm³/mol. The molecule has 1 aromatic carbocycles. The third kappa shape index (κ3) is 4.79. The van der Waals surface area contributed by atoms with Gasteiger partial charge in [-0.3, -0.25) is 14.0 Å². The molecule has 0 saturated carbocycles. The van der Waals surface area contributed by atoms with E-state index in [2.05, 4.69) is 15.4 Å². The van der Waals surface area contributed by atoms with E-state index in [1.165, 1.54) is 35.3 Å². The summed E-state index contributed by atoms with van der Waals surface area (Å²) in [6, 6.07) is 6.78. The normalized spacial score (nSPS) is 13.2. The van der Waals surface area contributed by atoms with Crippen LogP contribution in [0.15, 0.2) is 53.7 Å². The Balaban J connectivity index is 1.70. The summed E-state index contributed by atoms with van der Waals surface area (Å²) < 4.78 is 31.4. The van der Waals surface area contributed by atoms with Crippen LogP contribution in [0.1, 0.15) is 18.9 Å². The molecule has 3 heterocycles. The Bertz CT molecular complexity index is 1370. The van der Waals surface area contributed by atoms with Gasteiger partial charge in [-0.1, -0.05) is 17.7 Å². The summed E-state index contributed by atoms with van der Waals surface area (Å²) in [6.07, 6.45) is 3.29. The standard InChI is InChI=1S/C23H22ClF2N5O3/c1-13(33)7-14(12-32)29-22-8-21(19(26)10-27-22)30-6-5-20-15(23(30)34)9-28-31(20)11-16-17(24)3-2-4-18(16)25/h2-6,8-10,13-14,32-33H,7,11-12H2,1H3,(H,27,29)/t13?,14-/m0/s1. The summed E-state index contributed by atoms with van der Waals surface area (Å²) in [5, 5.41) is 26.6. The summed E-state index contributed by atoms with van der Waals surface area (Å²) in [6.45, 7) is 1.33. The Morgan fingerprint density at radius 3 is 2.71 bits per heavy atom. The van der Waals surface area contributed by atoms with Crippen LogP contribution in [0, 0.1) is 11.6 Å². The van der Waals surface area contributed by atoms with Crippen LogP contribution in [0.2, 0.25) is 5.02 Å². The van der Waals surface area contributed by atoms with E-state index in [0.29, 0.717) is 5.52 Å². The van der Waals surface area contributed by atoms with Gasteiger partial charge < -0.3 is 15.5 Å². The second-order valence-corrected chi connectivity index (χ2v) is 8.33. The van der Waals surface area contributed by atoms with Gasteiger partial charge in [0.1, 0.15) is 11.6 Å². The van der Waals surface area contributed by atoms with Gasteiger partial charge >= 0.3 is 0 Å². The predicted octanol–water partition coefficient (Wildman–Crippen LogP) is 3.11. The van der Waals surface area contributed by atoms with Gasteiger partial charge in [-0.15, -0.1) is 0 Å². The van der Waals surface area contributed by atoms with Crippen molar-refractivity contribution in [2.75, 3.05) is 11.9 Å². The first-order valence-corrected chi connectivity index (χ1v) is 10.9. The van der Waals surface area contributed by atoms with Gasteiger partial charge in [0.05, 0.1) is 54.3 Å². The molecule has 0 aliphatic heterocycles. The van der Waals surface area contributed by atoms with Gasteiger partial charge in [0, 0.05) is 22.8 Å². The van der Waals surface area contributed by atoms with E-state index in [1.54, 1.807) is 19.1 Å². The Labute approximate surface area is 198 Å². The minimum atomic E-state index is -0.728. The number of aliphatic hydroxyl groups is 2. The molecule has 8 nitrogen and oxygen atoms in total. The molecule has 2 atom stereocenters. The molecule has 34 heavy (non-hydrogen) atoms. The number of pyridine rings is 2. The van der Waals surface area contributed by atoms with E-state index >= 15 is 0 Å². The molecule has 0 aliphatic carbocycles. The Morgan fingerprint density at radius 2 is 2.00 bits per heavy atom. The van der Waals surface area contributed by atoms with Crippen molar-refractivity contribution in [2.24, 2.45) is 0 Å². The highest BCUT2D eigenvalue weighted by Gasteiger charge is 2.17. The monoisotopic (exact) mass is 489 g/mol. The van der Waals surface area contributed by atoms with Gasteiger partial charge in [-0.2, -0.15) is 5.10 Å². The molecule has 0 spiro atoms. The van der Waals surface area contributed by atoms with Crippen LogP contribution in [-0.2, 0) is 6.54 Å². The maximum absolute atomic E-state index is 14.6. The third-order valence-corrected chi connectivity index (χ3v) is 5.73. The molecule has 11 heteroatoms. The zero-order valence-electron chi connectivity index (χ0n) is 18.1. The number of hydrogen-bond acceptors (Lipinski definition) is 6. The number of benzene rings is 1. The van der Waals surface area contributed by atoms with Crippen LogP contribution in [0.25, 0.3) is 16.6 Å². The van der Waals surface area contributed by atoms with Crippen LogP contribution >= 0.6 is 11.6 Å². The fourth-order valence-corrected chi connectivity index (χ4v) is 3.94. The lowest BCUT2D eigenvalue weighted by Crippen LogP contribution is -2.28. The second kappa shape index (κ2) is 9.88. The van der Waals surface area contributed by atoms with E-state index < -0.39 is 29.3 Å². The summed E-state index contributed by atoms with van der Waals surface area (Å²) in [5.41, 5.74) is 0.0979. The molecule has 4 rings (SSSR count). The zero-order chi connectivity index (χ0) is 24.4. The van der Waals surface area contributed by atoms with E-state index in [0.717, 1.165) is 10.8 Å². The fourth-order valence-electron chi connectivity index (χ4n) is 3.72. The van der Waals surface area contributed by atoms with Crippen molar-refractivity contribution in [3.8, 4) is 5.69 Å². The van der Waals surface area contributed by atoms with Crippen molar-refractivity contribution in [1.82, 2.24) is 19.3 Å². The van der Waals surface area contributed by atoms with Gasteiger partial charge in [0.2, 0.25) is 0 Å². The molecule has 3 aromatic heterocycles. The first kappa shape index (κ1) is 23.8. The first-order valence-electron chi connectivity index (χ1n) is 10.5. The van der Waals surface area contributed by atoms with E-state index in [1.807, 2.05) is 0 Å². The Morgan fingerprint density at radius 1 is 1.21 bits per heavy atom. The third-order valence-electron chi connectivity index (χ3n) is 5.37. The van der Waals surface area contributed by atoms with Crippen LogP contribution in [0.3, 0.4) is 0 Å². The van der Waals surface area contributed by atoms with Crippen LogP contribution < -0.4 is 10.9 Å². The van der Waals surface area contributed by atoms with Crippen LogP contribution in [0.5, 0.6) is 0 Å². The van der Waals surface area contributed by atoms with E-state index in [9.17, 15) is 23.8 Å². The molecular formula is C23H22ClF2N5O3. The maximum atomic E-state index is 14.6. The number of fused-ring (bicyclic) bond motifs is 1. The molecule has 4 aromatic rings. The molecule has 0 radical (unpaired) electrons. The number of nitrogens with one attached hydrogen (secondary N) is 1. The first-order chi connectivity index (χ1) is 16.3. The highest BCUT2D eigenvalue weighted by Crippen LogP contribution is 2.22. The summed E-state index contributed by atoms with van der Waals surface area (Å²) in [5.74, 6) is -0.984. The smallest absolute Gasteiger partial charge is 0.266 e. The highest BCUT2D eigenvalue weighted by molar-refractivity contribution is 6.31.